The summed E-state index contributed by atoms with van der Waals surface area (Å²) in [5, 5.41) is 5.90. The Kier molecular flexibility index (Phi) is 8.47. The van der Waals surface area contributed by atoms with Crippen molar-refractivity contribution in [3.63, 3.8) is 0 Å². The van der Waals surface area contributed by atoms with Gasteiger partial charge in [-0.2, -0.15) is 0 Å². The molecule has 0 saturated heterocycles. The summed E-state index contributed by atoms with van der Waals surface area (Å²) in [6, 6.07) is 7.81. The molecule has 0 aliphatic heterocycles. The van der Waals surface area contributed by atoms with Crippen molar-refractivity contribution in [2.24, 2.45) is 5.92 Å². The fourth-order valence-electron chi connectivity index (χ4n) is 1.87. The van der Waals surface area contributed by atoms with Crippen molar-refractivity contribution in [3.05, 3.63) is 29.8 Å². The molecule has 0 aromatic heterocycles. The van der Waals surface area contributed by atoms with E-state index in [9.17, 15) is 4.79 Å². The summed E-state index contributed by atoms with van der Waals surface area (Å²) in [6.07, 6.45) is 0.814. The highest BCUT2D eigenvalue weighted by molar-refractivity contribution is 5.78. The summed E-state index contributed by atoms with van der Waals surface area (Å²) in [5.41, 5.74) is 1.11. The van der Waals surface area contributed by atoms with E-state index in [1.807, 2.05) is 38.2 Å². The Hall–Kier alpha value is -1.59. The van der Waals surface area contributed by atoms with Crippen LogP contribution in [0.4, 0.5) is 0 Å². The Morgan fingerprint density at radius 2 is 2.00 bits per heavy atom. The molecule has 0 saturated carbocycles. The van der Waals surface area contributed by atoms with Gasteiger partial charge in [0.1, 0.15) is 5.75 Å². The molecule has 0 heterocycles. The second kappa shape index (κ2) is 10.2. The SMILES string of the molecule is CNCC(C)C(=O)NCCCOCc1ccc(OC)cc1. The van der Waals surface area contributed by atoms with Crippen molar-refractivity contribution in [1.29, 1.82) is 0 Å². The lowest BCUT2D eigenvalue weighted by Gasteiger charge is -2.11. The molecular weight excluding hydrogens is 268 g/mol. The normalized spacial score (nSPS) is 12.0. The standard InChI is InChI=1S/C16H26N2O3/c1-13(11-17-2)16(19)18-9-4-10-21-12-14-5-7-15(20-3)8-6-14/h5-8,13,17H,4,9-12H2,1-3H3,(H,18,19). The number of amides is 1. The van der Waals surface area contributed by atoms with Crippen LogP contribution in [0, 0.1) is 5.92 Å². The molecule has 0 aliphatic rings. The van der Waals surface area contributed by atoms with Gasteiger partial charge in [-0.25, -0.2) is 0 Å². The van der Waals surface area contributed by atoms with Crippen LogP contribution < -0.4 is 15.4 Å². The van der Waals surface area contributed by atoms with Gasteiger partial charge in [0.15, 0.2) is 0 Å². The van der Waals surface area contributed by atoms with E-state index in [1.165, 1.54) is 0 Å². The van der Waals surface area contributed by atoms with E-state index in [0.29, 0.717) is 26.3 Å². The first-order valence-electron chi connectivity index (χ1n) is 7.30. The topological polar surface area (TPSA) is 59.6 Å². The highest BCUT2D eigenvalue weighted by atomic mass is 16.5. The number of benzene rings is 1. The van der Waals surface area contributed by atoms with Crippen LogP contribution in [0.25, 0.3) is 0 Å². The van der Waals surface area contributed by atoms with E-state index in [4.69, 9.17) is 9.47 Å². The van der Waals surface area contributed by atoms with Gasteiger partial charge in [0, 0.05) is 25.6 Å². The van der Waals surface area contributed by atoms with Gasteiger partial charge >= 0.3 is 0 Å². The quantitative estimate of drug-likeness (QED) is 0.643. The second-order valence-electron chi connectivity index (χ2n) is 5.00. The molecule has 1 unspecified atom stereocenters. The number of rotatable bonds is 10. The minimum Gasteiger partial charge on any atom is -0.497 e. The Morgan fingerprint density at radius 1 is 1.29 bits per heavy atom. The average Bonchev–Trinajstić information content (AvgIpc) is 2.51. The molecule has 1 atom stereocenters. The predicted octanol–water partition coefficient (Wildman–Crippen LogP) is 1.57. The first-order valence-corrected chi connectivity index (χ1v) is 7.30. The molecule has 2 N–H and O–H groups in total. The molecule has 0 bridgehead atoms. The lowest BCUT2D eigenvalue weighted by Crippen LogP contribution is -2.35. The summed E-state index contributed by atoms with van der Waals surface area (Å²) in [7, 11) is 3.49. The average molecular weight is 294 g/mol. The predicted molar refractivity (Wildman–Crippen MR) is 83.4 cm³/mol. The van der Waals surface area contributed by atoms with E-state index >= 15 is 0 Å². The Balaban J connectivity index is 2.07. The van der Waals surface area contributed by atoms with Gasteiger partial charge < -0.3 is 20.1 Å². The molecule has 5 nitrogen and oxygen atoms in total. The molecule has 0 spiro atoms. The smallest absolute Gasteiger partial charge is 0.224 e. The van der Waals surface area contributed by atoms with Crippen LogP contribution >= 0.6 is 0 Å². The fourth-order valence-corrected chi connectivity index (χ4v) is 1.87. The number of carbonyl (C=O) groups excluding carboxylic acids is 1. The highest BCUT2D eigenvalue weighted by Gasteiger charge is 2.10. The summed E-state index contributed by atoms with van der Waals surface area (Å²) < 4.78 is 10.7. The maximum atomic E-state index is 11.6. The first-order chi connectivity index (χ1) is 10.2. The van der Waals surface area contributed by atoms with Crippen LogP contribution in [0.1, 0.15) is 18.9 Å². The summed E-state index contributed by atoms with van der Waals surface area (Å²) in [6.45, 7) is 4.46. The maximum absolute atomic E-state index is 11.6. The van der Waals surface area contributed by atoms with Crippen LogP contribution in [0.5, 0.6) is 5.75 Å². The molecular formula is C16H26N2O3. The number of nitrogens with one attached hydrogen (secondary N) is 2. The van der Waals surface area contributed by atoms with Gasteiger partial charge in [-0.15, -0.1) is 0 Å². The largest absolute Gasteiger partial charge is 0.497 e. The molecule has 1 rings (SSSR count). The molecule has 0 radical (unpaired) electrons. The van der Waals surface area contributed by atoms with Crippen molar-refractivity contribution in [1.82, 2.24) is 10.6 Å². The number of ether oxygens (including phenoxy) is 2. The van der Waals surface area contributed by atoms with Crippen LogP contribution in [0.2, 0.25) is 0 Å². The lowest BCUT2D eigenvalue weighted by molar-refractivity contribution is -0.124. The minimum absolute atomic E-state index is 0.00443. The van der Waals surface area contributed by atoms with Crippen molar-refractivity contribution in [3.8, 4) is 5.75 Å². The zero-order valence-corrected chi connectivity index (χ0v) is 13.1. The molecule has 0 aliphatic carbocycles. The number of methoxy groups -OCH3 is 1. The van der Waals surface area contributed by atoms with Crippen molar-refractivity contribution in [2.45, 2.75) is 20.0 Å². The van der Waals surface area contributed by atoms with Gasteiger partial charge in [0.05, 0.1) is 13.7 Å². The summed E-state index contributed by atoms with van der Waals surface area (Å²) in [4.78, 5) is 11.6. The summed E-state index contributed by atoms with van der Waals surface area (Å²) >= 11 is 0. The Bertz CT molecular complexity index is 406. The third kappa shape index (κ3) is 7.11. The third-order valence-corrected chi connectivity index (χ3v) is 3.15. The van der Waals surface area contributed by atoms with Crippen LogP contribution in [-0.2, 0) is 16.1 Å². The molecule has 118 valence electrons. The third-order valence-electron chi connectivity index (χ3n) is 3.15. The molecule has 1 aromatic carbocycles. The molecule has 5 heteroatoms. The van der Waals surface area contributed by atoms with Gasteiger partial charge in [-0.3, -0.25) is 4.79 Å². The van der Waals surface area contributed by atoms with Crippen molar-refractivity contribution >= 4 is 5.91 Å². The highest BCUT2D eigenvalue weighted by Crippen LogP contribution is 2.11. The van der Waals surface area contributed by atoms with Crippen LogP contribution in [0.15, 0.2) is 24.3 Å². The van der Waals surface area contributed by atoms with Crippen LogP contribution in [-0.4, -0.2) is 39.8 Å². The van der Waals surface area contributed by atoms with Gasteiger partial charge in [-0.05, 0) is 31.2 Å². The van der Waals surface area contributed by atoms with Gasteiger partial charge in [-0.1, -0.05) is 19.1 Å². The Labute approximate surface area is 127 Å². The number of hydrogen-bond donors (Lipinski definition) is 2. The first kappa shape index (κ1) is 17.5. The van der Waals surface area contributed by atoms with E-state index in [2.05, 4.69) is 10.6 Å². The van der Waals surface area contributed by atoms with Gasteiger partial charge in [0.2, 0.25) is 5.91 Å². The minimum atomic E-state index is -0.00443. The maximum Gasteiger partial charge on any atom is 0.224 e. The number of hydrogen-bond acceptors (Lipinski definition) is 4. The lowest BCUT2D eigenvalue weighted by atomic mass is 10.1. The van der Waals surface area contributed by atoms with Crippen molar-refractivity contribution < 1.29 is 14.3 Å². The molecule has 0 fully saturated rings. The van der Waals surface area contributed by atoms with Crippen LogP contribution in [0.3, 0.4) is 0 Å². The second-order valence-corrected chi connectivity index (χ2v) is 5.00. The Morgan fingerprint density at radius 3 is 2.62 bits per heavy atom. The zero-order chi connectivity index (χ0) is 15.5. The monoisotopic (exact) mass is 294 g/mol. The van der Waals surface area contributed by atoms with E-state index in [0.717, 1.165) is 17.7 Å². The van der Waals surface area contributed by atoms with Crippen molar-refractivity contribution in [2.75, 3.05) is 33.9 Å². The zero-order valence-electron chi connectivity index (χ0n) is 13.1. The van der Waals surface area contributed by atoms with E-state index in [1.54, 1.807) is 7.11 Å². The fraction of sp³-hybridized carbons (Fsp3) is 0.562. The number of carbonyl (C=O) groups is 1. The van der Waals surface area contributed by atoms with E-state index < -0.39 is 0 Å². The van der Waals surface area contributed by atoms with Gasteiger partial charge in [0.25, 0.3) is 0 Å². The summed E-state index contributed by atoms with van der Waals surface area (Å²) in [5.74, 6) is 0.923. The molecule has 1 aromatic rings. The van der Waals surface area contributed by atoms with E-state index in [-0.39, 0.29) is 11.8 Å². The molecule has 21 heavy (non-hydrogen) atoms. The molecule has 1 amide bonds.